The van der Waals surface area contributed by atoms with Crippen LogP contribution in [0.25, 0.3) is 5.69 Å². The molecule has 0 bridgehead atoms. The highest BCUT2D eigenvalue weighted by atomic mass is 35.5. The lowest BCUT2D eigenvalue weighted by Gasteiger charge is -2.27. The Kier molecular flexibility index (Phi) is 5.22. The van der Waals surface area contributed by atoms with Gasteiger partial charge >= 0.3 is 0 Å². The van der Waals surface area contributed by atoms with Crippen LogP contribution >= 0.6 is 11.6 Å². The number of nitrogens with zero attached hydrogens (tertiary/aromatic N) is 5. The van der Waals surface area contributed by atoms with Crippen molar-refractivity contribution in [2.75, 3.05) is 5.32 Å². The summed E-state index contributed by atoms with van der Waals surface area (Å²) in [5.41, 5.74) is 3.74. The van der Waals surface area contributed by atoms with E-state index in [1.807, 2.05) is 16.8 Å². The normalized spacial score (nSPS) is 15.4. The van der Waals surface area contributed by atoms with E-state index in [0.29, 0.717) is 17.2 Å². The lowest BCUT2D eigenvalue weighted by atomic mass is 9.88. The summed E-state index contributed by atoms with van der Waals surface area (Å²) in [4.78, 5) is 13.0. The molecule has 7 nitrogen and oxygen atoms in total. The van der Waals surface area contributed by atoms with Crippen LogP contribution in [0.4, 0.5) is 10.2 Å². The van der Waals surface area contributed by atoms with Gasteiger partial charge in [-0.05, 0) is 55.5 Å². The van der Waals surface area contributed by atoms with E-state index < -0.39 is 11.7 Å². The van der Waals surface area contributed by atoms with Gasteiger partial charge in [-0.2, -0.15) is 5.10 Å². The minimum atomic E-state index is -0.524. The summed E-state index contributed by atoms with van der Waals surface area (Å²) in [6.07, 6.45) is 4.73. The van der Waals surface area contributed by atoms with Crippen LogP contribution < -0.4 is 5.32 Å². The highest BCUT2D eigenvalue weighted by Crippen LogP contribution is 2.34. The number of carbonyl (C=O) groups is 1. The Bertz CT molecular complexity index is 1310. The molecule has 0 saturated heterocycles. The van der Waals surface area contributed by atoms with Gasteiger partial charge in [0.25, 0.3) is 5.91 Å². The summed E-state index contributed by atoms with van der Waals surface area (Å²) in [6.45, 7) is 1.72. The Hall–Kier alpha value is -3.52. The maximum atomic E-state index is 13.5. The second-order valence-electron chi connectivity index (χ2n) is 7.76. The summed E-state index contributed by atoms with van der Waals surface area (Å²) >= 11 is 5.88. The first-order valence-electron chi connectivity index (χ1n) is 10.3. The van der Waals surface area contributed by atoms with Crippen molar-refractivity contribution in [2.24, 2.45) is 0 Å². The zero-order valence-electron chi connectivity index (χ0n) is 17.3. The third-order valence-electron chi connectivity index (χ3n) is 5.80. The van der Waals surface area contributed by atoms with Gasteiger partial charge < -0.3 is 5.32 Å². The van der Waals surface area contributed by atoms with E-state index in [-0.39, 0.29) is 16.8 Å². The highest BCUT2D eigenvalue weighted by Gasteiger charge is 2.25. The van der Waals surface area contributed by atoms with Crippen molar-refractivity contribution in [1.82, 2.24) is 24.8 Å². The predicted molar refractivity (Wildman–Crippen MR) is 119 cm³/mol. The molecule has 2 heterocycles. The van der Waals surface area contributed by atoms with Crippen molar-refractivity contribution in [3.63, 3.8) is 0 Å². The van der Waals surface area contributed by atoms with Crippen molar-refractivity contribution in [3.05, 3.63) is 88.1 Å². The van der Waals surface area contributed by atoms with Gasteiger partial charge in [-0.15, -0.1) is 5.10 Å². The molecule has 0 radical (unpaired) electrons. The first-order chi connectivity index (χ1) is 15.5. The highest BCUT2D eigenvalue weighted by molar-refractivity contribution is 6.30. The molecule has 0 saturated carbocycles. The van der Waals surface area contributed by atoms with E-state index in [0.717, 1.165) is 19.3 Å². The zero-order chi connectivity index (χ0) is 22.2. The number of benzene rings is 2. The number of fused-ring (bicyclic) bond motifs is 1. The van der Waals surface area contributed by atoms with Crippen molar-refractivity contribution >= 4 is 23.3 Å². The molecular weight excluding hydrogens is 431 g/mol. The SMILES string of the molecule is Cc1c(C(=O)Nc2ccnn2C2CCCc3ccccc32)nnn1-c1ccc(F)c(Cl)c1. The molecular formula is C23H20ClFN6O. The molecule has 1 N–H and O–H groups in total. The standard InChI is InChI=1S/C23H20ClFN6O/c1-14-22(28-29-30(14)16-9-10-19(25)18(24)13-16)23(32)27-21-11-12-26-31(21)20-8-4-6-15-5-2-3-7-17(15)20/h2-3,5,7,9-13,20H,4,6,8H2,1H3,(H,27,32). The van der Waals surface area contributed by atoms with E-state index in [1.54, 1.807) is 19.2 Å². The summed E-state index contributed by atoms with van der Waals surface area (Å²) in [5.74, 6) is -0.327. The molecule has 1 atom stereocenters. The predicted octanol–water partition coefficient (Wildman–Crippen LogP) is 4.74. The van der Waals surface area contributed by atoms with Gasteiger partial charge in [-0.3, -0.25) is 4.79 Å². The zero-order valence-corrected chi connectivity index (χ0v) is 18.1. The Balaban J connectivity index is 1.42. The van der Waals surface area contributed by atoms with Gasteiger partial charge in [0.05, 0.1) is 28.6 Å². The third kappa shape index (κ3) is 3.56. The number of nitrogens with one attached hydrogen (secondary N) is 1. The summed E-state index contributed by atoms with van der Waals surface area (Å²) in [7, 11) is 0. The van der Waals surface area contributed by atoms with Gasteiger partial charge in [0.1, 0.15) is 11.6 Å². The number of rotatable bonds is 4. The van der Waals surface area contributed by atoms with Crippen LogP contribution in [0.3, 0.4) is 0 Å². The lowest BCUT2D eigenvalue weighted by molar-refractivity contribution is 0.102. The molecule has 5 rings (SSSR count). The van der Waals surface area contributed by atoms with Crippen LogP contribution in [0, 0.1) is 12.7 Å². The number of carbonyl (C=O) groups excluding carboxylic acids is 1. The average molecular weight is 451 g/mol. The van der Waals surface area contributed by atoms with Gasteiger partial charge in [-0.1, -0.05) is 41.1 Å². The van der Waals surface area contributed by atoms with Crippen molar-refractivity contribution in [1.29, 1.82) is 0 Å². The van der Waals surface area contributed by atoms with E-state index in [9.17, 15) is 9.18 Å². The Morgan fingerprint density at radius 1 is 1.22 bits per heavy atom. The molecule has 2 aromatic heterocycles. The molecule has 162 valence electrons. The topological polar surface area (TPSA) is 77.6 Å². The van der Waals surface area contributed by atoms with Gasteiger partial charge in [0, 0.05) is 6.07 Å². The van der Waals surface area contributed by atoms with Crippen LogP contribution in [0.5, 0.6) is 0 Å². The fourth-order valence-corrected chi connectivity index (χ4v) is 4.40. The van der Waals surface area contributed by atoms with Crippen molar-refractivity contribution in [3.8, 4) is 5.69 Å². The number of aryl methyl sites for hydroxylation is 1. The molecule has 9 heteroatoms. The fraction of sp³-hybridized carbons (Fsp3) is 0.217. The molecule has 0 fully saturated rings. The lowest BCUT2D eigenvalue weighted by Crippen LogP contribution is -2.23. The van der Waals surface area contributed by atoms with E-state index in [1.165, 1.54) is 34.0 Å². The quantitative estimate of drug-likeness (QED) is 0.487. The van der Waals surface area contributed by atoms with Gasteiger partial charge in [-0.25, -0.2) is 13.8 Å². The fourth-order valence-electron chi connectivity index (χ4n) is 4.22. The molecule has 2 aromatic carbocycles. The smallest absolute Gasteiger partial charge is 0.279 e. The minimum absolute atomic E-state index is 0.0277. The Morgan fingerprint density at radius 3 is 2.91 bits per heavy atom. The molecule has 0 aliphatic heterocycles. The number of anilines is 1. The van der Waals surface area contributed by atoms with E-state index >= 15 is 0 Å². The first-order valence-corrected chi connectivity index (χ1v) is 10.7. The van der Waals surface area contributed by atoms with Crippen LogP contribution in [0.15, 0.2) is 54.7 Å². The van der Waals surface area contributed by atoms with Gasteiger partial charge in [0.2, 0.25) is 0 Å². The number of aromatic nitrogens is 5. The second kappa shape index (κ2) is 8.20. The van der Waals surface area contributed by atoms with Gasteiger partial charge in [0.15, 0.2) is 5.69 Å². The second-order valence-corrected chi connectivity index (χ2v) is 8.16. The number of hydrogen-bond donors (Lipinski definition) is 1. The average Bonchev–Trinajstić information content (AvgIpc) is 3.41. The minimum Gasteiger partial charge on any atom is -0.305 e. The van der Waals surface area contributed by atoms with Crippen molar-refractivity contribution < 1.29 is 9.18 Å². The maximum Gasteiger partial charge on any atom is 0.279 e. The molecule has 1 aliphatic rings. The maximum absolute atomic E-state index is 13.5. The summed E-state index contributed by atoms with van der Waals surface area (Å²) < 4.78 is 16.8. The van der Waals surface area contributed by atoms with Crippen molar-refractivity contribution in [2.45, 2.75) is 32.2 Å². The molecule has 1 unspecified atom stereocenters. The van der Waals surface area contributed by atoms with Crippen LogP contribution in [0.2, 0.25) is 5.02 Å². The third-order valence-corrected chi connectivity index (χ3v) is 6.09. The molecule has 1 amide bonds. The van der Waals surface area contributed by atoms with E-state index in [2.05, 4.69) is 32.9 Å². The molecule has 4 aromatic rings. The Morgan fingerprint density at radius 2 is 2.06 bits per heavy atom. The molecule has 1 aliphatic carbocycles. The monoisotopic (exact) mass is 450 g/mol. The summed E-state index contributed by atoms with van der Waals surface area (Å²) in [5, 5.41) is 15.5. The molecule has 32 heavy (non-hydrogen) atoms. The van der Waals surface area contributed by atoms with Crippen LogP contribution in [0.1, 0.15) is 46.2 Å². The largest absolute Gasteiger partial charge is 0.305 e. The molecule has 0 spiro atoms. The first kappa shape index (κ1) is 20.4. The van der Waals surface area contributed by atoms with E-state index in [4.69, 9.17) is 11.6 Å². The number of hydrogen-bond acceptors (Lipinski definition) is 4. The Labute approximate surface area is 188 Å². The number of amides is 1. The van der Waals surface area contributed by atoms with Crippen LogP contribution in [-0.4, -0.2) is 30.7 Å². The number of halogens is 2. The van der Waals surface area contributed by atoms with Crippen LogP contribution in [-0.2, 0) is 6.42 Å². The summed E-state index contributed by atoms with van der Waals surface area (Å²) in [6, 6.07) is 14.4.